The molecule has 1 aliphatic rings. The van der Waals surface area contributed by atoms with Gasteiger partial charge in [-0.3, -0.25) is 4.79 Å². The SMILES string of the molecule is CCn1c(SC(C)C(=O)NCC2CCCCC2)nnc1-c1cccc(C)c1. The Kier molecular flexibility index (Phi) is 6.94. The first kappa shape index (κ1) is 19.9. The van der Waals surface area contributed by atoms with E-state index in [1.54, 1.807) is 0 Å². The van der Waals surface area contributed by atoms with Gasteiger partial charge in [-0.05, 0) is 45.6 Å². The highest BCUT2D eigenvalue weighted by Gasteiger charge is 2.21. The van der Waals surface area contributed by atoms with Gasteiger partial charge in [-0.1, -0.05) is 54.8 Å². The van der Waals surface area contributed by atoms with Crippen molar-refractivity contribution in [3.05, 3.63) is 29.8 Å². The molecule has 2 aromatic rings. The summed E-state index contributed by atoms with van der Waals surface area (Å²) >= 11 is 1.49. The predicted octanol–water partition coefficient (Wildman–Crippen LogP) is 4.45. The molecule has 0 bridgehead atoms. The second-order valence-electron chi connectivity index (χ2n) is 7.43. The molecule has 1 N–H and O–H groups in total. The molecule has 3 rings (SSSR count). The van der Waals surface area contributed by atoms with Crippen molar-refractivity contribution in [2.75, 3.05) is 6.54 Å². The Morgan fingerprint density at radius 3 is 2.78 bits per heavy atom. The number of aromatic nitrogens is 3. The number of carbonyl (C=O) groups is 1. The summed E-state index contributed by atoms with van der Waals surface area (Å²) in [4.78, 5) is 12.5. The summed E-state index contributed by atoms with van der Waals surface area (Å²) in [7, 11) is 0. The van der Waals surface area contributed by atoms with E-state index in [1.165, 1.54) is 49.4 Å². The number of thioether (sulfide) groups is 1. The third-order valence-corrected chi connectivity index (χ3v) is 6.33. The minimum atomic E-state index is -0.187. The Balaban J connectivity index is 1.63. The fourth-order valence-electron chi connectivity index (χ4n) is 3.65. The van der Waals surface area contributed by atoms with Crippen LogP contribution in [-0.2, 0) is 11.3 Å². The molecule has 6 heteroatoms. The Bertz CT molecular complexity index is 767. The lowest BCUT2D eigenvalue weighted by atomic mass is 9.89. The van der Waals surface area contributed by atoms with Crippen molar-refractivity contribution in [1.29, 1.82) is 0 Å². The average Bonchev–Trinajstić information content (AvgIpc) is 3.09. The molecule has 1 aliphatic carbocycles. The Morgan fingerprint density at radius 2 is 2.07 bits per heavy atom. The molecule has 5 nitrogen and oxygen atoms in total. The van der Waals surface area contributed by atoms with Gasteiger partial charge in [0.25, 0.3) is 0 Å². The molecule has 0 radical (unpaired) electrons. The molecular formula is C21H30N4OS. The number of hydrogen-bond donors (Lipinski definition) is 1. The van der Waals surface area contributed by atoms with E-state index >= 15 is 0 Å². The van der Waals surface area contributed by atoms with Gasteiger partial charge in [-0.2, -0.15) is 0 Å². The molecule has 146 valence electrons. The molecule has 1 unspecified atom stereocenters. The van der Waals surface area contributed by atoms with Crippen molar-refractivity contribution in [3.8, 4) is 11.4 Å². The smallest absolute Gasteiger partial charge is 0.233 e. The molecule has 27 heavy (non-hydrogen) atoms. The Morgan fingerprint density at radius 1 is 1.30 bits per heavy atom. The van der Waals surface area contributed by atoms with E-state index in [9.17, 15) is 4.79 Å². The van der Waals surface area contributed by atoms with Gasteiger partial charge in [-0.25, -0.2) is 0 Å². The Labute approximate surface area is 166 Å². The minimum absolute atomic E-state index is 0.0910. The van der Waals surface area contributed by atoms with Crippen molar-refractivity contribution in [1.82, 2.24) is 20.1 Å². The fourth-order valence-corrected chi connectivity index (χ4v) is 4.59. The van der Waals surface area contributed by atoms with Crippen LogP contribution in [0.5, 0.6) is 0 Å². The molecular weight excluding hydrogens is 356 g/mol. The quantitative estimate of drug-likeness (QED) is 0.714. The molecule has 1 heterocycles. The minimum Gasteiger partial charge on any atom is -0.355 e. The number of nitrogens with one attached hydrogen (secondary N) is 1. The van der Waals surface area contributed by atoms with E-state index in [0.717, 1.165) is 29.6 Å². The highest BCUT2D eigenvalue weighted by atomic mass is 32.2. The summed E-state index contributed by atoms with van der Waals surface area (Å²) in [5, 5.41) is 12.5. The van der Waals surface area contributed by atoms with Gasteiger partial charge in [0, 0.05) is 18.7 Å². The second kappa shape index (κ2) is 9.40. The monoisotopic (exact) mass is 386 g/mol. The van der Waals surface area contributed by atoms with Gasteiger partial charge >= 0.3 is 0 Å². The number of rotatable bonds is 7. The molecule has 0 aliphatic heterocycles. The van der Waals surface area contributed by atoms with Gasteiger partial charge in [0.2, 0.25) is 5.91 Å². The lowest BCUT2D eigenvalue weighted by Crippen LogP contribution is -2.35. The van der Waals surface area contributed by atoms with E-state index in [-0.39, 0.29) is 11.2 Å². The van der Waals surface area contributed by atoms with Crippen LogP contribution < -0.4 is 5.32 Å². The lowest BCUT2D eigenvalue weighted by Gasteiger charge is -2.22. The van der Waals surface area contributed by atoms with Crippen LogP contribution in [-0.4, -0.2) is 32.5 Å². The maximum absolute atomic E-state index is 12.5. The maximum atomic E-state index is 12.5. The lowest BCUT2D eigenvalue weighted by molar-refractivity contribution is -0.120. The van der Waals surface area contributed by atoms with Crippen LogP contribution in [0.2, 0.25) is 0 Å². The van der Waals surface area contributed by atoms with E-state index in [1.807, 2.05) is 13.0 Å². The van der Waals surface area contributed by atoms with Gasteiger partial charge < -0.3 is 9.88 Å². The highest BCUT2D eigenvalue weighted by molar-refractivity contribution is 8.00. The number of benzene rings is 1. The van der Waals surface area contributed by atoms with Crippen LogP contribution in [0.1, 0.15) is 51.5 Å². The van der Waals surface area contributed by atoms with Crippen LogP contribution in [0, 0.1) is 12.8 Å². The third kappa shape index (κ3) is 5.12. The summed E-state index contributed by atoms with van der Waals surface area (Å²) in [5.41, 5.74) is 2.26. The molecule has 0 spiro atoms. The largest absolute Gasteiger partial charge is 0.355 e. The number of hydrogen-bond acceptors (Lipinski definition) is 4. The van der Waals surface area contributed by atoms with Crippen LogP contribution in [0.15, 0.2) is 29.4 Å². The van der Waals surface area contributed by atoms with E-state index in [0.29, 0.717) is 5.92 Å². The van der Waals surface area contributed by atoms with Crippen molar-refractivity contribution < 1.29 is 4.79 Å². The topological polar surface area (TPSA) is 59.8 Å². The first-order chi connectivity index (χ1) is 13.1. The Hall–Kier alpha value is -1.82. The first-order valence-electron chi connectivity index (χ1n) is 10.0. The van der Waals surface area contributed by atoms with Crippen molar-refractivity contribution in [2.24, 2.45) is 5.92 Å². The number of aryl methyl sites for hydroxylation is 1. The van der Waals surface area contributed by atoms with Gasteiger partial charge in [0.1, 0.15) is 0 Å². The standard InChI is InChI=1S/C21H30N4OS/c1-4-25-19(18-12-8-9-15(2)13-18)23-24-21(25)27-16(3)20(26)22-14-17-10-6-5-7-11-17/h8-9,12-13,16-17H,4-7,10-11,14H2,1-3H3,(H,22,26). The zero-order valence-electron chi connectivity index (χ0n) is 16.6. The fraction of sp³-hybridized carbons (Fsp3) is 0.571. The number of carbonyl (C=O) groups excluding carboxylic acids is 1. The van der Waals surface area contributed by atoms with E-state index in [2.05, 4.69) is 52.1 Å². The van der Waals surface area contributed by atoms with Gasteiger partial charge in [0.05, 0.1) is 5.25 Å². The first-order valence-corrected chi connectivity index (χ1v) is 10.9. The molecule has 1 fully saturated rings. The zero-order valence-corrected chi connectivity index (χ0v) is 17.4. The van der Waals surface area contributed by atoms with Crippen molar-refractivity contribution in [3.63, 3.8) is 0 Å². The molecule has 1 amide bonds. The van der Waals surface area contributed by atoms with Crippen LogP contribution in [0.3, 0.4) is 0 Å². The highest BCUT2D eigenvalue weighted by Crippen LogP contribution is 2.27. The second-order valence-corrected chi connectivity index (χ2v) is 8.74. The van der Waals surface area contributed by atoms with Crippen LogP contribution in [0.4, 0.5) is 0 Å². The summed E-state index contributed by atoms with van der Waals surface area (Å²) in [6, 6.07) is 8.28. The molecule has 1 saturated carbocycles. The van der Waals surface area contributed by atoms with Crippen LogP contribution >= 0.6 is 11.8 Å². The predicted molar refractivity (Wildman–Crippen MR) is 111 cm³/mol. The van der Waals surface area contributed by atoms with Gasteiger partial charge in [0.15, 0.2) is 11.0 Å². The summed E-state index contributed by atoms with van der Waals surface area (Å²) in [5.74, 6) is 1.60. The molecule has 1 aromatic carbocycles. The van der Waals surface area contributed by atoms with E-state index in [4.69, 9.17) is 0 Å². The number of nitrogens with zero attached hydrogens (tertiary/aromatic N) is 3. The van der Waals surface area contributed by atoms with Gasteiger partial charge in [-0.15, -0.1) is 10.2 Å². The normalized spacial score (nSPS) is 16.3. The summed E-state index contributed by atoms with van der Waals surface area (Å²) < 4.78 is 2.09. The summed E-state index contributed by atoms with van der Waals surface area (Å²) in [6.45, 7) is 7.68. The van der Waals surface area contributed by atoms with Crippen molar-refractivity contribution in [2.45, 2.75) is 69.8 Å². The van der Waals surface area contributed by atoms with E-state index < -0.39 is 0 Å². The number of amides is 1. The van der Waals surface area contributed by atoms with Crippen LogP contribution in [0.25, 0.3) is 11.4 Å². The summed E-state index contributed by atoms with van der Waals surface area (Å²) in [6.07, 6.45) is 6.42. The average molecular weight is 387 g/mol. The molecule has 1 aromatic heterocycles. The van der Waals surface area contributed by atoms with Crippen molar-refractivity contribution >= 4 is 17.7 Å². The molecule has 1 atom stereocenters. The zero-order chi connectivity index (χ0) is 19.2. The maximum Gasteiger partial charge on any atom is 0.233 e. The molecule has 0 saturated heterocycles. The third-order valence-electron chi connectivity index (χ3n) is 5.25.